The maximum atomic E-state index is 6.34. The smallest absolute Gasteiger partial charge is 0.211 e. The number of piperidine rings is 1. The predicted molar refractivity (Wildman–Crippen MR) is 124 cm³/mol. The summed E-state index contributed by atoms with van der Waals surface area (Å²) in [7, 11) is 0. The third kappa shape index (κ3) is 3.84. The zero-order valence-electron chi connectivity index (χ0n) is 16.9. The standard InChI is InChI=1S/C22H21Cl2N7/c1-22(6-10-26-11-7-22)29-21-28-19(14-4-8-25-9-5-14)18(20-30-27-13-31(20)21)15-2-3-16(23)17(24)12-15/h2-5,8-9,12-13,26H,6-7,10-11H2,1H3,(H,28,29). The van der Waals surface area contributed by atoms with Crippen molar-refractivity contribution in [1.82, 2.24) is 29.9 Å². The number of halogens is 2. The van der Waals surface area contributed by atoms with Gasteiger partial charge in [-0.25, -0.2) is 4.98 Å². The average molecular weight is 454 g/mol. The van der Waals surface area contributed by atoms with E-state index in [0.717, 1.165) is 48.3 Å². The minimum Gasteiger partial charge on any atom is -0.350 e. The van der Waals surface area contributed by atoms with Crippen LogP contribution in [0.5, 0.6) is 0 Å². The van der Waals surface area contributed by atoms with Crippen LogP contribution in [0.2, 0.25) is 10.0 Å². The molecule has 0 atom stereocenters. The van der Waals surface area contributed by atoms with Crippen LogP contribution >= 0.6 is 23.2 Å². The largest absolute Gasteiger partial charge is 0.350 e. The van der Waals surface area contributed by atoms with Gasteiger partial charge in [-0.3, -0.25) is 9.38 Å². The predicted octanol–water partition coefficient (Wildman–Crippen LogP) is 4.71. The molecule has 5 rings (SSSR count). The van der Waals surface area contributed by atoms with E-state index < -0.39 is 0 Å². The Labute approximate surface area is 189 Å². The van der Waals surface area contributed by atoms with Crippen molar-refractivity contribution < 1.29 is 0 Å². The van der Waals surface area contributed by atoms with E-state index in [4.69, 9.17) is 28.2 Å². The zero-order valence-corrected chi connectivity index (χ0v) is 18.5. The summed E-state index contributed by atoms with van der Waals surface area (Å²) < 4.78 is 1.90. The zero-order chi connectivity index (χ0) is 21.4. The van der Waals surface area contributed by atoms with Crippen LogP contribution in [0.1, 0.15) is 19.8 Å². The van der Waals surface area contributed by atoms with E-state index in [0.29, 0.717) is 21.6 Å². The summed E-state index contributed by atoms with van der Waals surface area (Å²) in [5.74, 6) is 0.708. The van der Waals surface area contributed by atoms with Crippen LogP contribution in [0.4, 0.5) is 5.95 Å². The van der Waals surface area contributed by atoms with E-state index in [2.05, 4.69) is 32.7 Å². The van der Waals surface area contributed by atoms with Gasteiger partial charge in [0.05, 0.1) is 21.3 Å². The molecule has 0 radical (unpaired) electrons. The molecule has 4 aromatic rings. The lowest BCUT2D eigenvalue weighted by atomic mass is 9.91. The number of anilines is 1. The molecule has 1 fully saturated rings. The van der Waals surface area contributed by atoms with Crippen molar-refractivity contribution in [2.24, 2.45) is 0 Å². The van der Waals surface area contributed by atoms with E-state index in [-0.39, 0.29) is 5.54 Å². The summed E-state index contributed by atoms with van der Waals surface area (Å²) in [6, 6.07) is 9.41. The van der Waals surface area contributed by atoms with Gasteiger partial charge in [-0.15, -0.1) is 10.2 Å². The molecular formula is C22H21Cl2N7. The van der Waals surface area contributed by atoms with Crippen molar-refractivity contribution in [1.29, 1.82) is 0 Å². The van der Waals surface area contributed by atoms with Gasteiger partial charge in [-0.2, -0.15) is 0 Å². The number of fused-ring (bicyclic) bond motifs is 1. The van der Waals surface area contributed by atoms with Gasteiger partial charge >= 0.3 is 0 Å². The van der Waals surface area contributed by atoms with Gasteiger partial charge in [0.2, 0.25) is 5.95 Å². The second-order valence-electron chi connectivity index (χ2n) is 7.98. The molecule has 31 heavy (non-hydrogen) atoms. The Morgan fingerprint density at radius 3 is 2.55 bits per heavy atom. The van der Waals surface area contributed by atoms with Crippen LogP contribution in [-0.4, -0.2) is 43.2 Å². The Morgan fingerprint density at radius 1 is 1.03 bits per heavy atom. The number of hydrogen-bond donors (Lipinski definition) is 2. The van der Waals surface area contributed by atoms with E-state index in [1.807, 2.05) is 28.7 Å². The van der Waals surface area contributed by atoms with Crippen molar-refractivity contribution in [3.05, 3.63) is 59.1 Å². The number of benzene rings is 1. The summed E-state index contributed by atoms with van der Waals surface area (Å²) in [6.07, 6.45) is 7.19. The molecule has 9 heteroatoms. The van der Waals surface area contributed by atoms with Gasteiger partial charge in [0, 0.05) is 23.5 Å². The summed E-state index contributed by atoms with van der Waals surface area (Å²) in [5, 5.41) is 16.7. The first-order valence-corrected chi connectivity index (χ1v) is 10.9. The molecule has 2 N–H and O–H groups in total. The number of nitrogens with one attached hydrogen (secondary N) is 2. The summed E-state index contributed by atoms with van der Waals surface area (Å²) in [6.45, 7) is 4.16. The van der Waals surface area contributed by atoms with Crippen molar-refractivity contribution in [2.45, 2.75) is 25.3 Å². The first-order valence-electron chi connectivity index (χ1n) is 10.1. The SMILES string of the molecule is CC1(Nc2nc(-c3ccncc3)c(-c3ccc(Cl)c(Cl)c3)c3nncn23)CCNCC1. The molecular weight excluding hydrogens is 433 g/mol. The average Bonchev–Trinajstić information content (AvgIpc) is 3.27. The Morgan fingerprint density at radius 2 is 1.81 bits per heavy atom. The van der Waals surface area contributed by atoms with Gasteiger partial charge in [-0.1, -0.05) is 29.3 Å². The van der Waals surface area contributed by atoms with Gasteiger partial charge in [0.15, 0.2) is 5.65 Å². The summed E-state index contributed by atoms with van der Waals surface area (Å²) in [5.41, 5.74) is 4.03. The molecule has 1 aromatic carbocycles. The molecule has 0 amide bonds. The topological polar surface area (TPSA) is 80.0 Å². The van der Waals surface area contributed by atoms with Crippen LogP contribution in [0.3, 0.4) is 0 Å². The van der Waals surface area contributed by atoms with Crippen LogP contribution < -0.4 is 10.6 Å². The minimum absolute atomic E-state index is 0.0734. The van der Waals surface area contributed by atoms with Crippen molar-refractivity contribution in [2.75, 3.05) is 18.4 Å². The fraction of sp³-hybridized carbons (Fsp3) is 0.273. The van der Waals surface area contributed by atoms with Crippen molar-refractivity contribution in [3.63, 3.8) is 0 Å². The number of pyridine rings is 1. The van der Waals surface area contributed by atoms with E-state index in [1.165, 1.54) is 0 Å². The molecule has 158 valence electrons. The first-order chi connectivity index (χ1) is 15.0. The highest BCUT2D eigenvalue weighted by atomic mass is 35.5. The van der Waals surface area contributed by atoms with E-state index in [1.54, 1.807) is 24.8 Å². The highest BCUT2D eigenvalue weighted by Crippen LogP contribution is 2.38. The van der Waals surface area contributed by atoms with Crippen LogP contribution in [0.15, 0.2) is 49.1 Å². The summed E-state index contributed by atoms with van der Waals surface area (Å²) in [4.78, 5) is 9.22. The quantitative estimate of drug-likeness (QED) is 0.465. The highest BCUT2D eigenvalue weighted by molar-refractivity contribution is 6.42. The normalized spacial score (nSPS) is 15.8. The molecule has 1 aliphatic heterocycles. The molecule has 7 nitrogen and oxygen atoms in total. The Bertz CT molecular complexity index is 1230. The third-order valence-electron chi connectivity index (χ3n) is 5.74. The molecule has 0 bridgehead atoms. The lowest BCUT2D eigenvalue weighted by Gasteiger charge is -2.35. The molecule has 3 aromatic heterocycles. The molecule has 4 heterocycles. The monoisotopic (exact) mass is 453 g/mol. The van der Waals surface area contributed by atoms with E-state index >= 15 is 0 Å². The fourth-order valence-corrected chi connectivity index (χ4v) is 4.28. The van der Waals surface area contributed by atoms with Gasteiger partial charge < -0.3 is 10.6 Å². The Balaban J connectivity index is 1.74. The lowest BCUT2D eigenvalue weighted by molar-refractivity contribution is 0.363. The van der Waals surface area contributed by atoms with Crippen molar-refractivity contribution >= 4 is 34.8 Å². The molecule has 0 unspecified atom stereocenters. The maximum Gasteiger partial charge on any atom is 0.211 e. The molecule has 1 saturated heterocycles. The number of nitrogens with zero attached hydrogens (tertiary/aromatic N) is 5. The number of hydrogen-bond acceptors (Lipinski definition) is 6. The Kier molecular flexibility index (Phi) is 5.25. The van der Waals surface area contributed by atoms with Gasteiger partial charge in [0.1, 0.15) is 6.33 Å². The Hall–Kier alpha value is -2.74. The third-order valence-corrected chi connectivity index (χ3v) is 6.48. The van der Waals surface area contributed by atoms with Gasteiger partial charge in [0.25, 0.3) is 0 Å². The molecule has 0 spiro atoms. The first kappa shape index (κ1) is 20.2. The maximum absolute atomic E-state index is 6.34. The molecule has 1 aliphatic rings. The second-order valence-corrected chi connectivity index (χ2v) is 8.80. The van der Waals surface area contributed by atoms with E-state index in [9.17, 15) is 0 Å². The molecule has 0 aliphatic carbocycles. The van der Waals surface area contributed by atoms with Crippen molar-refractivity contribution in [3.8, 4) is 22.4 Å². The van der Waals surface area contributed by atoms with Gasteiger partial charge in [-0.05, 0) is 62.7 Å². The fourth-order valence-electron chi connectivity index (χ4n) is 3.98. The minimum atomic E-state index is -0.0734. The summed E-state index contributed by atoms with van der Waals surface area (Å²) >= 11 is 12.5. The number of rotatable bonds is 4. The van der Waals surface area contributed by atoms with Crippen LogP contribution in [-0.2, 0) is 0 Å². The number of aromatic nitrogens is 5. The van der Waals surface area contributed by atoms with Crippen LogP contribution in [0.25, 0.3) is 28.0 Å². The van der Waals surface area contributed by atoms with Crippen LogP contribution in [0, 0.1) is 0 Å². The highest BCUT2D eigenvalue weighted by Gasteiger charge is 2.29. The second kappa shape index (κ2) is 8.07. The lowest BCUT2D eigenvalue weighted by Crippen LogP contribution is -2.45. The molecule has 0 saturated carbocycles.